The van der Waals surface area contributed by atoms with Gasteiger partial charge in [-0.15, -0.1) is 0 Å². The lowest BCUT2D eigenvalue weighted by Gasteiger charge is -2.37. The highest BCUT2D eigenvalue weighted by atomic mass is 32.2. The molecule has 0 amide bonds. The first-order valence-corrected chi connectivity index (χ1v) is 11.6. The summed E-state index contributed by atoms with van der Waals surface area (Å²) in [5.74, 6) is 1.36. The summed E-state index contributed by atoms with van der Waals surface area (Å²) >= 11 is 0. The molecule has 1 aromatic carbocycles. The van der Waals surface area contributed by atoms with E-state index in [0.29, 0.717) is 29.3 Å². The summed E-state index contributed by atoms with van der Waals surface area (Å²) in [6.07, 6.45) is 8.15. The first-order chi connectivity index (χ1) is 14.5. The number of pyridine rings is 1. The summed E-state index contributed by atoms with van der Waals surface area (Å²) in [6, 6.07) is 10.5. The lowest BCUT2D eigenvalue weighted by Crippen LogP contribution is -2.49. The lowest BCUT2D eigenvalue weighted by molar-refractivity contribution is 0.0956. The molecular weight excluding hydrogens is 402 g/mol. The molecular formula is C22H23N3O4S. The highest BCUT2D eigenvalue weighted by Gasteiger charge is 2.47. The van der Waals surface area contributed by atoms with Gasteiger partial charge in [0.25, 0.3) is 0 Å². The summed E-state index contributed by atoms with van der Waals surface area (Å²) in [5.41, 5.74) is 1.53. The van der Waals surface area contributed by atoms with E-state index in [1.807, 2.05) is 12.1 Å². The summed E-state index contributed by atoms with van der Waals surface area (Å²) < 4.78 is 39.9. The van der Waals surface area contributed by atoms with Gasteiger partial charge in [0.15, 0.2) is 5.89 Å². The zero-order chi connectivity index (χ0) is 20.7. The van der Waals surface area contributed by atoms with E-state index >= 15 is 0 Å². The molecule has 0 aliphatic carbocycles. The predicted molar refractivity (Wildman–Crippen MR) is 110 cm³/mol. The van der Waals surface area contributed by atoms with Crippen LogP contribution < -0.4 is 4.74 Å². The van der Waals surface area contributed by atoms with E-state index in [9.17, 15) is 8.42 Å². The average Bonchev–Trinajstić information content (AvgIpc) is 3.30. The molecule has 7 nitrogen and oxygen atoms in total. The smallest absolute Gasteiger partial charge is 0.243 e. The Balaban J connectivity index is 1.34. The molecule has 2 atom stereocenters. The molecule has 2 aliphatic rings. The highest BCUT2D eigenvalue weighted by molar-refractivity contribution is 7.89. The number of oxazole rings is 1. The minimum Gasteiger partial charge on any atom is -0.490 e. The molecule has 2 aliphatic heterocycles. The second-order valence-corrected chi connectivity index (χ2v) is 9.73. The van der Waals surface area contributed by atoms with Gasteiger partial charge in [0.05, 0.1) is 4.90 Å². The molecule has 2 fully saturated rings. The van der Waals surface area contributed by atoms with Crippen molar-refractivity contribution in [1.29, 1.82) is 0 Å². The van der Waals surface area contributed by atoms with Crippen molar-refractivity contribution in [2.24, 2.45) is 0 Å². The van der Waals surface area contributed by atoms with E-state index in [1.165, 1.54) is 0 Å². The Kier molecular flexibility index (Phi) is 4.83. The molecule has 2 unspecified atom stereocenters. The van der Waals surface area contributed by atoms with Crippen LogP contribution in [-0.4, -0.2) is 40.9 Å². The molecule has 2 saturated heterocycles. The number of fused-ring (bicyclic) bond motifs is 2. The average molecular weight is 426 g/mol. The van der Waals surface area contributed by atoms with Crippen LogP contribution in [0.15, 0.2) is 64.4 Å². The van der Waals surface area contributed by atoms with Crippen LogP contribution in [0.1, 0.15) is 31.6 Å². The van der Waals surface area contributed by atoms with Crippen LogP contribution in [0.3, 0.4) is 0 Å². The maximum atomic E-state index is 13.4. The predicted octanol–water partition coefficient (Wildman–Crippen LogP) is 3.81. The van der Waals surface area contributed by atoms with Gasteiger partial charge in [-0.05, 0) is 37.1 Å². The monoisotopic (exact) mass is 425 g/mol. The molecule has 0 N–H and O–H groups in total. The Morgan fingerprint density at radius 2 is 1.70 bits per heavy atom. The number of benzene rings is 1. The van der Waals surface area contributed by atoms with Crippen LogP contribution in [0.5, 0.6) is 5.75 Å². The normalized spacial score (nSPS) is 24.1. The molecule has 0 spiro atoms. The largest absolute Gasteiger partial charge is 0.490 e. The number of aryl methyl sites for hydroxylation is 1. The molecule has 0 radical (unpaired) electrons. The lowest BCUT2D eigenvalue weighted by atomic mass is 10.0. The van der Waals surface area contributed by atoms with Gasteiger partial charge in [-0.25, -0.2) is 13.4 Å². The van der Waals surface area contributed by atoms with Gasteiger partial charge in [-0.1, -0.05) is 12.1 Å². The van der Waals surface area contributed by atoms with Crippen LogP contribution in [0.25, 0.3) is 11.3 Å². The van der Waals surface area contributed by atoms with Gasteiger partial charge in [0.2, 0.25) is 10.0 Å². The Labute approximate surface area is 175 Å². The van der Waals surface area contributed by atoms with E-state index < -0.39 is 10.0 Å². The van der Waals surface area contributed by atoms with E-state index in [-0.39, 0.29) is 18.2 Å². The van der Waals surface area contributed by atoms with Crippen molar-refractivity contribution < 1.29 is 17.6 Å². The van der Waals surface area contributed by atoms with Crippen LogP contribution >= 0.6 is 0 Å². The minimum atomic E-state index is -3.56. The van der Waals surface area contributed by atoms with Crippen molar-refractivity contribution >= 4 is 10.0 Å². The van der Waals surface area contributed by atoms with Gasteiger partial charge in [-0.3, -0.25) is 4.98 Å². The zero-order valence-corrected chi connectivity index (χ0v) is 17.5. The van der Waals surface area contributed by atoms with E-state index in [0.717, 1.165) is 24.2 Å². The van der Waals surface area contributed by atoms with Crippen molar-refractivity contribution in [2.75, 3.05) is 0 Å². The van der Waals surface area contributed by atoms with Crippen LogP contribution in [-0.2, 0) is 10.0 Å². The van der Waals surface area contributed by atoms with E-state index in [2.05, 4.69) is 9.97 Å². The van der Waals surface area contributed by atoms with Crippen LogP contribution in [0, 0.1) is 6.92 Å². The van der Waals surface area contributed by atoms with Crippen LogP contribution in [0.2, 0.25) is 0 Å². The van der Waals surface area contributed by atoms with Gasteiger partial charge in [0.1, 0.15) is 23.8 Å². The second-order valence-electron chi connectivity index (χ2n) is 7.89. The van der Waals surface area contributed by atoms with Gasteiger partial charge in [-0.2, -0.15) is 4.31 Å². The summed E-state index contributed by atoms with van der Waals surface area (Å²) in [4.78, 5) is 8.62. The zero-order valence-electron chi connectivity index (χ0n) is 16.6. The molecule has 4 heterocycles. The Hall–Kier alpha value is -2.71. The number of aromatic nitrogens is 2. The number of hydrogen-bond acceptors (Lipinski definition) is 6. The molecule has 156 valence electrons. The van der Waals surface area contributed by atoms with Crippen LogP contribution in [0.4, 0.5) is 0 Å². The molecule has 3 aromatic rings. The topological polar surface area (TPSA) is 85.5 Å². The van der Waals surface area contributed by atoms with Gasteiger partial charge < -0.3 is 9.15 Å². The standard InChI is InChI=1S/C22H23N3O4S/c1-15-24-22(14-28-15)16-2-6-21(7-3-16)30(26,27)25-17-4-5-18(25)13-20(12-17)29-19-8-10-23-11-9-19/h2-3,6-11,14,17-18,20H,4-5,12-13H2,1H3. The van der Waals surface area contributed by atoms with Crippen molar-refractivity contribution in [3.8, 4) is 17.0 Å². The number of sulfonamides is 1. The molecule has 2 aromatic heterocycles. The van der Waals surface area contributed by atoms with Crippen molar-refractivity contribution in [3.63, 3.8) is 0 Å². The number of ether oxygens (including phenoxy) is 1. The molecule has 30 heavy (non-hydrogen) atoms. The maximum absolute atomic E-state index is 13.4. The Morgan fingerprint density at radius 3 is 2.30 bits per heavy atom. The molecule has 2 bridgehead atoms. The summed E-state index contributed by atoms with van der Waals surface area (Å²) in [6.45, 7) is 1.78. The second kappa shape index (κ2) is 7.52. The van der Waals surface area contributed by atoms with Gasteiger partial charge >= 0.3 is 0 Å². The van der Waals surface area contributed by atoms with Gasteiger partial charge in [0, 0.05) is 49.8 Å². The first-order valence-electron chi connectivity index (χ1n) is 10.1. The number of rotatable bonds is 5. The summed E-state index contributed by atoms with van der Waals surface area (Å²) in [5, 5.41) is 0. The number of hydrogen-bond donors (Lipinski definition) is 0. The van der Waals surface area contributed by atoms with Crippen molar-refractivity contribution in [1.82, 2.24) is 14.3 Å². The third kappa shape index (κ3) is 3.50. The first kappa shape index (κ1) is 19.3. The Bertz CT molecular complexity index is 1110. The Morgan fingerprint density at radius 1 is 1.03 bits per heavy atom. The van der Waals surface area contributed by atoms with Crippen molar-refractivity contribution in [2.45, 2.75) is 55.7 Å². The fourth-order valence-electron chi connectivity index (χ4n) is 4.60. The minimum absolute atomic E-state index is 0.0223. The SMILES string of the molecule is Cc1nc(-c2ccc(S(=O)(=O)N3C4CCC3CC(Oc3ccncc3)C4)cc2)co1. The van der Waals surface area contributed by atoms with E-state index in [4.69, 9.17) is 9.15 Å². The quantitative estimate of drug-likeness (QED) is 0.618. The fourth-order valence-corrected chi connectivity index (χ4v) is 6.49. The fraction of sp³-hybridized carbons (Fsp3) is 0.364. The molecule has 8 heteroatoms. The highest BCUT2D eigenvalue weighted by Crippen LogP contribution is 2.41. The molecule has 5 rings (SSSR count). The number of nitrogens with zero attached hydrogens (tertiary/aromatic N) is 3. The maximum Gasteiger partial charge on any atom is 0.243 e. The number of piperidine rings is 1. The third-order valence-corrected chi connectivity index (χ3v) is 7.94. The van der Waals surface area contributed by atoms with E-state index in [1.54, 1.807) is 54.2 Å². The molecule has 0 saturated carbocycles. The summed E-state index contributed by atoms with van der Waals surface area (Å²) in [7, 11) is -3.56. The van der Waals surface area contributed by atoms with Crippen molar-refractivity contribution in [3.05, 3.63) is 60.9 Å². The third-order valence-electron chi connectivity index (χ3n) is 5.92.